The van der Waals surface area contributed by atoms with Crippen LogP contribution in [0.4, 0.5) is 4.39 Å². The van der Waals surface area contributed by atoms with Crippen LogP contribution in [0.1, 0.15) is 48.0 Å². The quantitative estimate of drug-likeness (QED) is 0.429. The lowest BCUT2D eigenvalue weighted by Crippen LogP contribution is -2.43. The van der Waals surface area contributed by atoms with Crippen molar-refractivity contribution < 1.29 is 14.3 Å². The fourth-order valence-corrected chi connectivity index (χ4v) is 4.65. The Morgan fingerprint density at radius 1 is 1.20 bits per heavy atom. The monoisotopic (exact) mass is 478 g/mol. The molecular weight excluding hydrogens is 451 g/mol. The standard InChI is InChI=1S/C25H27FN6O3/c1-30-13-18(12-28-30)16-7-8-17(20(26)11-16)14-31-15-19(23-27-9-10-32(23)25(31)35)24(34)29-21-5-3-2-4-6-22(21)33/h7-13,15,21-22,33H,2-6,14H2,1H3,(H,29,34)/t21-,22-/m0/s1. The van der Waals surface area contributed by atoms with Gasteiger partial charge in [0.25, 0.3) is 5.91 Å². The molecule has 182 valence electrons. The van der Waals surface area contributed by atoms with Crippen LogP contribution in [0.5, 0.6) is 0 Å². The van der Waals surface area contributed by atoms with Gasteiger partial charge in [-0.25, -0.2) is 14.2 Å². The molecule has 0 unspecified atom stereocenters. The zero-order valence-corrected chi connectivity index (χ0v) is 19.4. The maximum absolute atomic E-state index is 15.0. The van der Waals surface area contributed by atoms with E-state index in [2.05, 4.69) is 15.4 Å². The van der Waals surface area contributed by atoms with Crippen molar-refractivity contribution in [3.05, 3.63) is 76.6 Å². The van der Waals surface area contributed by atoms with Crippen LogP contribution in [0.3, 0.4) is 0 Å². The van der Waals surface area contributed by atoms with Gasteiger partial charge in [-0.05, 0) is 24.5 Å². The highest BCUT2D eigenvalue weighted by Crippen LogP contribution is 2.22. The van der Waals surface area contributed by atoms with Crippen molar-refractivity contribution in [3.8, 4) is 11.1 Å². The van der Waals surface area contributed by atoms with Crippen LogP contribution in [-0.4, -0.2) is 46.9 Å². The minimum atomic E-state index is -0.615. The Labute approximate surface area is 200 Å². The Kier molecular flexibility index (Phi) is 6.21. The van der Waals surface area contributed by atoms with E-state index in [9.17, 15) is 19.1 Å². The number of amides is 1. The van der Waals surface area contributed by atoms with E-state index in [0.29, 0.717) is 24.0 Å². The van der Waals surface area contributed by atoms with Gasteiger partial charge in [0.15, 0.2) is 5.65 Å². The smallest absolute Gasteiger partial charge is 0.334 e. The molecule has 1 aliphatic carbocycles. The van der Waals surface area contributed by atoms with E-state index < -0.39 is 23.5 Å². The Balaban J connectivity index is 1.46. The molecule has 0 spiro atoms. The molecule has 9 nitrogen and oxygen atoms in total. The number of benzene rings is 1. The number of halogens is 1. The number of aliphatic hydroxyl groups is 1. The number of aliphatic hydroxyl groups excluding tert-OH is 1. The summed E-state index contributed by atoms with van der Waals surface area (Å²) in [6.07, 6.45) is 11.4. The molecule has 2 atom stereocenters. The summed E-state index contributed by atoms with van der Waals surface area (Å²) < 4.78 is 19.2. The first-order valence-corrected chi connectivity index (χ1v) is 11.7. The SMILES string of the molecule is Cn1cc(-c2ccc(Cn3cc(C(=O)N[C@H]4CCCCC[C@@H]4O)c4nccn4c3=O)c(F)c2)cn1. The van der Waals surface area contributed by atoms with Gasteiger partial charge < -0.3 is 10.4 Å². The zero-order chi connectivity index (χ0) is 24.5. The van der Waals surface area contributed by atoms with Crippen LogP contribution in [0.15, 0.2) is 54.0 Å². The largest absolute Gasteiger partial charge is 0.391 e. The van der Waals surface area contributed by atoms with Gasteiger partial charge in [-0.15, -0.1) is 0 Å². The molecule has 0 radical (unpaired) electrons. The van der Waals surface area contributed by atoms with Crippen molar-refractivity contribution >= 4 is 11.6 Å². The van der Waals surface area contributed by atoms with Crippen LogP contribution in [0, 0.1) is 5.82 Å². The number of carbonyl (C=O) groups excluding carboxylic acids is 1. The number of aromatic nitrogens is 5. The van der Waals surface area contributed by atoms with E-state index in [-0.39, 0.29) is 23.8 Å². The number of nitrogens with zero attached hydrogens (tertiary/aromatic N) is 5. The summed E-state index contributed by atoms with van der Waals surface area (Å²) in [5.74, 6) is -0.884. The maximum atomic E-state index is 15.0. The van der Waals surface area contributed by atoms with Crippen LogP contribution in [0.2, 0.25) is 0 Å². The Bertz CT molecular complexity index is 1440. The number of rotatable bonds is 5. The molecule has 0 saturated heterocycles. The third kappa shape index (κ3) is 4.61. The number of fused-ring (bicyclic) bond motifs is 1. The number of imidazole rings is 1. The minimum absolute atomic E-state index is 0.0571. The molecule has 3 heterocycles. The van der Waals surface area contributed by atoms with E-state index in [1.807, 2.05) is 0 Å². The first-order valence-electron chi connectivity index (χ1n) is 11.7. The predicted molar refractivity (Wildman–Crippen MR) is 128 cm³/mol. The summed E-state index contributed by atoms with van der Waals surface area (Å²) in [6.45, 7) is -0.0571. The Hall–Kier alpha value is -3.79. The van der Waals surface area contributed by atoms with E-state index in [1.54, 1.807) is 36.3 Å². The maximum Gasteiger partial charge on any atom is 0.334 e. The van der Waals surface area contributed by atoms with E-state index >= 15 is 0 Å². The van der Waals surface area contributed by atoms with E-state index in [4.69, 9.17) is 0 Å². The summed E-state index contributed by atoms with van der Waals surface area (Å²) in [5, 5.41) is 17.4. The summed E-state index contributed by atoms with van der Waals surface area (Å²) in [6, 6.07) is 4.45. The second kappa shape index (κ2) is 9.46. The second-order valence-electron chi connectivity index (χ2n) is 9.07. The third-order valence-corrected chi connectivity index (χ3v) is 6.59. The molecule has 5 rings (SSSR count). The van der Waals surface area contributed by atoms with Crippen LogP contribution in [0.25, 0.3) is 16.8 Å². The van der Waals surface area contributed by atoms with Gasteiger partial charge >= 0.3 is 5.69 Å². The number of nitrogens with one attached hydrogen (secondary N) is 1. The second-order valence-corrected chi connectivity index (χ2v) is 9.07. The number of hydrogen-bond donors (Lipinski definition) is 2. The topological polar surface area (TPSA) is 106 Å². The molecule has 0 bridgehead atoms. The summed E-state index contributed by atoms with van der Waals surface area (Å²) in [4.78, 5) is 30.4. The van der Waals surface area contributed by atoms with Crippen molar-refractivity contribution in [2.24, 2.45) is 7.05 Å². The van der Waals surface area contributed by atoms with E-state index in [1.165, 1.54) is 33.6 Å². The number of carbonyl (C=O) groups is 1. The van der Waals surface area contributed by atoms with Crippen LogP contribution >= 0.6 is 0 Å². The van der Waals surface area contributed by atoms with E-state index in [0.717, 1.165) is 24.8 Å². The van der Waals surface area contributed by atoms with Gasteiger partial charge in [0.1, 0.15) is 5.82 Å². The van der Waals surface area contributed by atoms with Crippen molar-refractivity contribution in [1.82, 2.24) is 29.0 Å². The number of hydrogen-bond acceptors (Lipinski definition) is 5. The molecule has 1 fully saturated rings. The summed E-state index contributed by atoms with van der Waals surface area (Å²) in [5.41, 5.74) is 1.76. The Morgan fingerprint density at radius 2 is 2.03 bits per heavy atom. The predicted octanol–water partition coefficient (Wildman–Crippen LogP) is 2.51. The highest BCUT2D eigenvalue weighted by atomic mass is 19.1. The van der Waals surface area contributed by atoms with Gasteiger partial charge in [0.2, 0.25) is 0 Å². The van der Waals surface area contributed by atoms with Crippen molar-refractivity contribution in [2.45, 2.75) is 50.8 Å². The number of aryl methyl sites for hydroxylation is 1. The summed E-state index contributed by atoms with van der Waals surface area (Å²) >= 11 is 0. The van der Waals surface area contributed by atoms with Crippen LogP contribution < -0.4 is 11.0 Å². The fourth-order valence-electron chi connectivity index (χ4n) is 4.65. The lowest BCUT2D eigenvalue weighted by Gasteiger charge is -2.22. The molecule has 1 aliphatic rings. The van der Waals surface area contributed by atoms with Crippen molar-refractivity contribution in [3.63, 3.8) is 0 Å². The van der Waals surface area contributed by atoms with Gasteiger partial charge in [0.05, 0.1) is 30.5 Å². The van der Waals surface area contributed by atoms with Gasteiger partial charge in [0, 0.05) is 43.0 Å². The van der Waals surface area contributed by atoms with Gasteiger partial charge in [-0.3, -0.25) is 18.4 Å². The molecule has 1 amide bonds. The van der Waals surface area contributed by atoms with Crippen molar-refractivity contribution in [2.75, 3.05) is 0 Å². The summed E-state index contributed by atoms with van der Waals surface area (Å²) in [7, 11) is 1.79. The lowest BCUT2D eigenvalue weighted by atomic mass is 10.1. The highest BCUT2D eigenvalue weighted by molar-refractivity contribution is 5.99. The van der Waals surface area contributed by atoms with Crippen molar-refractivity contribution in [1.29, 1.82) is 0 Å². The molecule has 2 N–H and O–H groups in total. The molecule has 1 saturated carbocycles. The zero-order valence-electron chi connectivity index (χ0n) is 19.4. The molecule has 10 heteroatoms. The molecule has 3 aromatic heterocycles. The third-order valence-electron chi connectivity index (χ3n) is 6.59. The minimum Gasteiger partial charge on any atom is -0.391 e. The average molecular weight is 479 g/mol. The van der Waals surface area contributed by atoms with Crippen LogP contribution in [-0.2, 0) is 13.6 Å². The van der Waals surface area contributed by atoms with Gasteiger partial charge in [-0.2, -0.15) is 5.10 Å². The molecule has 35 heavy (non-hydrogen) atoms. The first-order chi connectivity index (χ1) is 16.9. The molecule has 4 aromatic rings. The lowest BCUT2D eigenvalue weighted by molar-refractivity contribution is 0.0819. The molecule has 1 aromatic carbocycles. The molecular formula is C25H27FN6O3. The Morgan fingerprint density at radius 3 is 2.80 bits per heavy atom. The first kappa shape index (κ1) is 23.0. The fraction of sp³-hybridized carbons (Fsp3) is 0.360. The van der Waals surface area contributed by atoms with Gasteiger partial charge in [-0.1, -0.05) is 31.4 Å². The normalized spacial score (nSPS) is 18.5. The highest BCUT2D eigenvalue weighted by Gasteiger charge is 2.25. The average Bonchev–Trinajstić information content (AvgIpc) is 3.45. The molecule has 0 aliphatic heterocycles.